The maximum absolute atomic E-state index is 12.9. The molecule has 2 nitrogen and oxygen atoms in total. The van der Waals surface area contributed by atoms with E-state index in [-0.39, 0.29) is 16.1 Å². The van der Waals surface area contributed by atoms with Crippen LogP contribution in [0.25, 0.3) is 16.0 Å². The van der Waals surface area contributed by atoms with Crippen LogP contribution in [0.4, 0.5) is 18.9 Å². The zero-order chi connectivity index (χ0) is 15.6. The van der Waals surface area contributed by atoms with Crippen molar-refractivity contribution in [1.29, 1.82) is 5.26 Å². The van der Waals surface area contributed by atoms with E-state index in [0.717, 1.165) is 12.1 Å². The summed E-state index contributed by atoms with van der Waals surface area (Å²) in [6, 6.07) is 9.70. The topological polar surface area (TPSA) is 28.1 Å². The minimum Gasteiger partial charge on any atom is -0.238 e. The fourth-order valence-electron chi connectivity index (χ4n) is 1.83. The molecule has 0 radical (unpaired) electrons. The van der Waals surface area contributed by atoms with Gasteiger partial charge in [-0.25, -0.2) is 4.85 Å². The molecule has 0 amide bonds. The molecule has 0 saturated carbocycles. The van der Waals surface area contributed by atoms with Crippen molar-refractivity contribution in [3.05, 3.63) is 64.0 Å². The summed E-state index contributed by atoms with van der Waals surface area (Å²) in [6.07, 6.45) is -4.60. The first kappa shape index (κ1) is 14.9. The molecule has 104 valence electrons. The Hall–Kier alpha value is -2.50. The Kier molecular flexibility index (Phi) is 3.88. The van der Waals surface area contributed by atoms with Crippen LogP contribution < -0.4 is 0 Å². The monoisotopic (exact) mass is 306 g/mol. The van der Waals surface area contributed by atoms with E-state index >= 15 is 0 Å². The van der Waals surface area contributed by atoms with Gasteiger partial charge in [-0.15, -0.1) is 0 Å². The minimum absolute atomic E-state index is 0.165. The van der Waals surface area contributed by atoms with Gasteiger partial charge >= 0.3 is 6.18 Å². The molecule has 0 bridgehead atoms. The normalized spacial score (nSPS) is 10.8. The Morgan fingerprint density at radius 1 is 1.10 bits per heavy atom. The summed E-state index contributed by atoms with van der Waals surface area (Å²) in [5, 5.41) is 8.95. The molecule has 0 saturated heterocycles. The lowest BCUT2D eigenvalue weighted by Gasteiger charge is -2.11. The van der Waals surface area contributed by atoms with Crippen molar-refractivity contribution in [3.8, 4) is 17.2 Å². The third-order valence-corrected chi connectivity index (χ3v) is 3.16. The highest BCUT2D eigenvalue weighted by Gasteiger charge is 2.33. The fourth-order valence-corrected chi connectivity index (χ4v) is 2.05. The third kappa shape index (κ3) is 2.99. The SMILES string of the molecule is [C-]#[N+]c1ccc(-c2ccc(C#N)c(Cl)c2)cc1C(F)(F)F. The quantitative estimate of drug-likeness (QED) is 0.644. The lowest BCUT2D eigenvalue weighted by molar-refractivity contribution is -0.136. The first-order valence-electron chi connectivity index (χ1n) is 5.65. The first-order valence-corrected chi connectivity index (χ1v) is 6.03. The van der Waals surface area contributed by atoms with Gasteiger partial charge in [0.25, 0.3) is 0 Å². The Morgan fingerprint density at radius 2 is 1.71 bits per heavy atom. The van der Waals surface area contributed by atoms with Crippen LogP contribution in [-0.4, -0.2) is 0 Å². The van der Waals surface area contributed by atoms with Crippen molar-refractivity contribution in [1.82, 2.24) is 0 Å². The highest BCUT2D eigenvalue weighted by atomic mass is 35.5. The van der Waals surface area contributed by atoms with Crippen molar-refractivity contribution in [2.75, 3.05) is 0 Å². The van der Waals surface area contributed by atoms with Crippen molar-refractivity contribution < 1.29 is 13.2 Å². The highest BCUT2D eigenvalue weighted by Crippen LogP contribution is 2.39. The molecule has 2 aromatic rings. The van der Waals surface area contributed by atoms with Crippen LogP contribution in [0.1, 0.15) is 11.1 Å². The van der Waals surface area contributed by atoms with E-state index in [1.54, 1.807) is 0 Å². The van der Waals surface area contributed by atoms with E-state index < -0.39 is 17.4 Å². The zero-order valence-corrected chi connectivity index (χ0v) is 11.1. The van der Waals surface area contributed by atoms with Crippen LogP contribution in [0.2, 0.25) is 5.02 Å². The number of hydrogen-bond donors (Lipinski definition) is 0. The average molecular weight is 307 g/mol. The number of rotatable bonds is 1. The van der Waals surface area contributed by atoms with Crippen molar-refractivity contribution >= 4 is 17.3 Å². The van der Waals surface area contributed by atoms with Crippen molar-refractivity contribution in [2.45, 2.75) is 6.18 Å². The van der Waals surface area contributed by atoms with Gasteiger partial charge in [0.2, 0.25) is 0 Å². The van der Waals surface area contributed by atoms with E-state index in [0.29, 0.717) is 5.56 Å². The molecule has 0 aliphatic rings. The lowest BCUT2D eigenvalue weighted by Crippen LogP contribution is -2.05. The molecule has 2 aromatic carbocycles. The summed E-state index contributed by atoms with van der Waals surface area (Å²) in [4.78, 5) is 2.88. The van der Waals surface area contributed by atoms with Gasteiger partial charge in [-0.1, -0.05) is 35.9 Å². The second-order valence-electron chi connectivity index (χ2n) is 4.15. The highest BCUT2D eigenvalue weighted by molar-refractivity contribution is 6.32. The molecule has 0 unspecified atom stereocenters. The molecule has 0 heterocycles. The van der Waals surface area contributed by atoms with Gasteiger partial charge < -0.3 is 0 Å². The summed E-state index contributed by atoms with van der Waals surface area (Å²) in [5.41, 5.74) is -0.474. The number of halogens is 4. The van der Waals surface area contributed by atoms with E-state index in [4.69, 9.17) is 23.4 Å². The molecule has 0 aliphatic heterocycles. The maximum atomic E-state index is 12.9. The molecule has 6 heteroatoms. The second-order valence-corrected chi connectivity index (χ2v) is 4.56. The van der Waals surface area contributed by atoms with Crippen LogP contribution in [0, 0.1) is 17.9 Å². The van der Waals surface area contributed by atoms with Gasteiger partial charge in [0.05, 0.1) is 22.7 Å². The van der Waals surface area contributed by atoms with Crippen LogP contribution in [-0.2, 0) is 6.18 Å². The van der Waals surface area contributed by atoms with Crippen LogP contribution in [0.15, 0.2) is 36.4 Å². The molecule has 0 aliphatic carbocycles. The first-order chi connectivity index (χ1) is 9.86. The number of benzene rings is 2. The van der Waals surface area contributed by atoms with Gasteiger partial charge in [0.1, 0.15) is 6.07 Å². The third-order valence-electron chi connectivity index (χ3n) is 2.85. The smallest absolute Gasteiger partial charge is 0.238 e. The molecule has 0 spiro atoms. The Bertz CT molecular complexity index is 783. The fraction of sp³-hybridized carbons (Fsp3) is 0.0667. The molecule has 0 aromatic heterocycles. The molecular formula is C15H6ClF3N2. The van der Waals surface area contributed by atoms with Crippen molar-refractivity contribution in [2.24, 2.45) is 0 Å². The summed E-state index contributed by atoms with van der Waals surface area (Å²) < 4.78 is 38.7. The molecule has 0 N–H and O–H groups in total. The van der Waals surface area contributed by atoms with E-state index in [2.05, 4.69) is 4.85 Å². The number of hydrogen-bond acceptors (Lipinski definition) is 1. The van der Waals surface area contributed by atoms with Crippen LogP contribution in [0.5, 0.6) is 0 Å². The van der Waals surface area contributed by atoms with E-state index in [1.807, 2.05) is 6.07 Å². The molecular weight excluding hydrogens is 301 g/mol. The van der Waals surface area contributed by atoms with Gasteiger partial charge in [-0.2, -0.15) is 18.4 Å². The molecule has 21 heavy (non-hydrogen) atoms. The molecule has 0 atom stereocenters. The summed E-state index contributed by atoms with van der Waals surface area (Å²) in [6.45, 7) is 6.79. The number of nitrogens with zero attached hydrogens (tertiary/aromatic N) is 2. The van der Waals surface area contributed by atoms with Gasteiger partial charge in [-0.05, 0) is 23.3 Å². The summed E-state index contributed by atoms with van der Waals surface area (Å²) in [7, 11) is 0. The number of nitriles is 1. The lowest BCUT2D eigenvalue weighted by atomic mass is 10.0. The minimum atomic E-state index is -4.60. The van der Waals surface area contributed by atoms with Crippen LogP contribution in [0.3, 0.4) is 0 Å². The second kappa shape index (κ2) is 5.47. The predicted molar refractivity (Wildman–Crippen MR) is 72.9 cm³/mol. The zero-order valence-electron chi connectivity index (χ0n) is 10.4. The van der Waals surface area contributed by atoms with Gasteiger partial charge in [-0.3, -0.25) is 0 Å². The van der Waals surface area contributed by atoms with Crippen molar-refractivity contribution in [3.63, 3.8) is 0 Å². The average Bonchev–Trinajstić information content (AvgIpc) is 2.45. The van der Waals surface area contributed by atoms with Crippen LogP contribution >= 0.6 is 11.6 Å². The van der Waals surface area contributed by atoms with E-state index in [9.17, 15) is 13.2 Å². The summed E-state index contributed by atoms with van der Waals surface area (Å²) >= 11 is 5.87. The maximum Gasteiger partial charge on any atom is 0.407 e. The van der Waals surface area contributed by atoms with Gasteiger partial charge in [0.15, 0.2) is 5.69 Å². The molecule has 2 rings (SSSR count). The standard InChI is InChI=1S/C15H6ClF3N2/c1-21-14-5-4-9(6-12(14)15(17,18)19)10-2-3-11(8-20)13(16)7-10/h2-7H. The Labute approximate surface area is 123 Å². The predicted octanol–water partition coefficient (Wildman–Crippen LogP) is 5.45. The largest absolute Gasteiger partial charge is 0.407 e. The van der Waals surface area contributed by atoms with E-state index in [1.165, 1.54) is 24.3 Å². The summed E-state index contributed by atoms with van der Waals surface area (Å²) in [5.74, 6) is 0. The number of alkyl halides is 3. The van der Waals surface area contributed by atoms with Gasteiger partial charge in [0, 0.05) is 0 Å². The Morgan fingerprint density at radius 3 is 2.24 bits per heavy atom. The molecule has 0 fully saturated rings. The Balaban J connectivity index is 2.59.